The molecule has 2 unspecified atom stereocenters. The fourth-order valence-electron chi connectivity index (χ4n) is 10.9. The molecule has 3 aromatic carbocycles. The number of nitrogens with zero attached hydrogens (tertiary/aromatic N) is 2. The Balaban J connectivity index is 1.32. The van der Waals surface area contributed by atoms with Gasteiger partial charge in [0.05, 0.1) is 0 Å². The van der Waals surface area contributed by atoms with E-state index < -0.39 is 11.9 Å². The minimum absolute atomic E-state index is 0.0739. The fourth-order valence-corrected chi connectivity index (χ4v) is 21.7. The summed E-state index contributed by atoms with van der Waals surface area (Å²) in [6, 6.07) is 18.5. The third kappa shape index (κ3) is 8.25. The van der Waals surface area contributed by atoms with Crippen LogP contribution in [0.5, 0.6) is 0 Å². The molecule has 0 spiro atoms. The maximum absolute atomic E-state index is 7.99. The van der Waals surface area contributed by atoms with Crippen LogP contribution in [0.3, 0.4) is 0 Å². The fraction of sp³-hybridized carbons (Fsp3) is 0.565. The Labute approximate surface area is 327 Å². The zero-order chi connectivity index (χ0) is 36.6. The summed E-state index contributed by atoms with van der Waals surface area (Å²) in [6.07, 6.45) is 20.3. The number of halogens is 2. The zero-order valence-corrected chi connectivity index (χ0v) is 36.9. The molecule has 52 heavy (non-hydrogen) atoms. The normalized spacial score (nSPS) is 22.8. The molecule has 1 aliphatic heterocycles. The number of hydrogen-bond donors (Lipinski definition) is 0. The van der Waals surface area contributed by atoms with E-state index >= 15 is 0 Å². The topological polar surface area (TPSA) is 6.48 Å². The van der Waals surface area contributed by atoms with Crippen molar-refractivity contribution in [1.82, 2.24) is 0 Å². The van der Waals surface area contributed by atoms with E-state index in [0.717, 1.165) is 34.4 Å². The van der Waals surface area contributed by atoms with Crippen LogP contribution in [0.4, 0.5) is 11.4 Å². The predicted octanol–water partition coefficient (Wildman–Crippen LogP) is 13.4. The van der Waals surface area contributed by atoms with Gasteiger partial charge >= 0.3 is 330 Å². The van der Waals surface area contributed by atoms with Crippen LogP contribution in [0, 0.1) is 41.5 Å². The molecule has 0 radical (unpaired) electrons. The SMILES string of the molecule is Cc1cc(C)c(N2CCN(c3c(C)cc(C)cc3C)[C]2=[Ru]([Cl])([Cl])=[CH]c2ccccc2C2CCCC(P(C3CCCCC3)C3CCCCC3)C2)c(C)c1. The van der Waals surface area contributed by atoms with Crippen molar-refractivity contribution in [3.63, 3.8) is 0 Å². The van der Waals surface area contributed by atoms with Gasteiger partial charge in [0.1, 0.15) is 0 Å². The molecule has 1 saturated heterocycles. The third-order valence-electron chi connectivity index (χ3n) is 12.7. The van der Waals surface area contributed by atoms with Crippen molar-refractivity contribution >= 4 is 47.6 Å². The van der Waals surface area contributed by atoms with Crippen molar-refractivity contribution in [3.05, 3.63) is 93.0 Å². The van der Waals surface area contributed by atoms with Crippen LogP contribution in [0.2, 0.25) is 0 Å². The summed E-state index contributed by atoms with van der Waals surface area (Å²) in [7, 11) is 16.1. The molecule has 6 heteroatoms. The predicted molar refractivity (Wildman–Crippen MR) is 230 cm³/mol. The Morgan fingerprint density at radius 2 is 1.06 bits per heavy atom. The van der Waals surface area contributed by atoms with Crippen LogP contribution in [0.1, 0.15) is 140 Å². The third-order valence-corrected chi connectivity index (χ3v) is 22.2. The number of rotatable bonds is 7. The zero-order valence-electron chi connectivity index (χ0n) is 32.8. The summed E-state index contributed by atoms with van der Waals surface area (Å²) in [5, 5.41) is 0. The van der Waals surface area contributed by atoms with E-state index in [9.17, 15) is 0 Å². The van der Waals surface area contributed by atoms with Crippen LogP contribution in [-0.2, 0) is 11.9 Å². The molecular formula is C46H63Cl2N2PRu. The molecule has 1 heterocycles. The molecule has 3 aromatic rings. The molecule has 0 aromatic heterocycles. The summed E-state index contributed by atoms with van der Waals surface area (Å²) < 4.78 is 3.50. The molecule has 0 amide bonds. The van der Waals surface area contributed by atoms with E-state index in [2.05, 4.69) is 104 Å². The first-order valence-corrected chi connectivity index (χ1v) is 28.3. The van der Waals surface area contributed by atoms with Crippen LogP contribution in [0.15, 0.2) is 48.5 Å². The molecule has 284 valence electrons. The van der Waals surface area contributed by atoms with Gasteiger partial charge in [0.15, 0.2) is 0 Å². The first-order valence-electron chi connectivity index (χ1n) is 20.4. The van der Waals surface area contributed by atoms with Crippen LogP contribution in [-0.4, -0.2) is 39.0 Å². The average molecular weight is 847 g/mol. The summed E-state index contributed by atoms with van der Waals surface area (Å²) in [6.45, 7) is 15.1. The van der Waals surface area contributed by atoms with Gasteiger partial charge in [0.2, 0.25) is 0 Å². The molecule has 2 nitrogen and oxygen atoms in total. The molecule has 4 fully saturated rings. The number of benzene rings is 3. The quantitative estimate of drug-likeness (QED) is 0.173. The van der Waals surface area contributed by atoms with Crippen LogP contribution >= 0.6 is 27.3 Å². The van der Waals surface area contributed by atoms with E-state index in [1.165, 1.54) is 146 Å². The van der Waals surface area contributed by atoms with Crippen molar-refractivity contribution in [2.75, 3.05) is 22.9 Å². The summed E-state index contributed by atoms with van der Waals surface area (Å²) >= 11 is -3.66. The molecule has 7 rings (SSSR count). The van der Waals surface area contributed by atoms with Crippen LogP contribution in [0.25, 0.3) is 0 Å². The second-order valence-electron chi connectivity index (χ2n) is 16.8. The average Bonchev–Trinajstić information content (AvgIpc) is 3.54. The first-order chi connectivity index (χ1) is 25.0. The van der Waals surface area contributed by atoms with Gasteiger partial charge < -0.3 is 0 Å². The second-order valence-corrected chi connectivity index (χ2v) is 29.1. The van der Waals surface area contributed by atoms with Gasteiger partial charge in [-0.1, -0.05) is 0 Å². The number of anilines is 2. The van der Waals surface area contributed by atoms with Crippen molar-refractivity contribution in [2.24, 2.45) is 0 Å². The van der Waals surface area contributed by atoms with E-state index in [-0.39, 0.29) is 7.92 Å². The summed E-state index contributed by atoms with van der Waals surface area (Å²) in [5.74, 6) is 0.593. The van der Waals surface area contributed by atoms with Gasteiger partial charge in [-0.25, -0.2) is 0 Å². The molecule has 0 N–H and O–H groups in total. The van der Waals surface area contributed by atoms with Gasteiger partial charge in [-0.2, -0.15) is 0 Å². The molecular weight excluding hydrogens is 783 g/mol. The van der Waals surface area contributed by atoms with Crippen molar-refractivity contribution < 1.29 is 11.9 Å². The minimum atomic E-state index is -3.66. The molecule has 2 atom stereocenters. The number of hydrogen-bond acceptors (Lipinski definition) is 2. The van der Waals surface area contributed by atoms with E-state index in [1.54, 1.807) is 0 Å². The first kappa shape index (κ1) is 38.9. The van der Waals surface area contributed by atoms with Gasteiger partial charge in [-0.05, 0) is 0 Å². The Hall–Kier alpha value is -1.37. The van der Waals surface area contributed by atoms with Gasteiger partial charge in [-0.15, -0.1) is 0 Å². The number of aryl methyl sites for hydroxylation is 6. The van der Waals surface area contributed by atoms with Crippen molar-refractivity contribution in [3.8, 4) is 0 Å². The Morgan fingerprint density at radius 1 is 0.596 bits per heavy atom. The molecule has 4 aliphatic rings. The summed E-state index contributed by atoms with van der Waals surface area (Å²) in [5.41, 5.74) is 16.0. The molecule has 3 saturated carbocycles. The molecule has 0 bridgehead atoms. The Kier molecular flexibility index (Phi) is 12.6. The molecule has 3 aliphatic carbocycles. The van der Waals surface area contributed by atoms with E-state index in [0.29, 0.717) is 5.92 Å². The van der Waals surface area contributed by atoms with E-state index in [1.807, 2.05) is 0 Å². The van der Waals surface area contributed by atoms with Gasteiger partial charge in [0, 0.05) is 0 Å². The summed E-state index contributed by atoms with van der Waals surface area (Å²) in [4.78, 5) is 5.01. The Bertz CT molecular complexity index is 1740. The van der Waals surface area contributed by atoms with Crippen molar-refractivity contribution in [1.29, 1.82) is 0 Å². The van der Waals surface area contributed by atoms with Crippen LogP contribution < -0.4 is 9.80 Å². The Morgan fingerprint density at radius 3 is 1.56 bits per heavy atom. The van der Waals surface area contributed by atoms with Crippen molar-refractivity contribution in [2.45, 2.75) is 154 Å². The maximum atomic E-state index is 7.99. The monoisotopic (exact) mass is 846 g/mol. The standard InChI is InChI=1S/C25H37P.C21H26N2.2ClH.Ru/c1-20-11-8-9-18-25(20)21-12-10-17-24(19-21)26(22-13-4-2-5-14-22)23-15-6-3-7-16-23;1-14-9-16(3)20(17(4)10-14)22-7-8-23(13-22)21-18(5)11-15(2)12-19(21)6;;;/h1,8-9,11,18,21-24H,2-7,10,12-17,19H2;9-12H,7-8H2,1-6H3;2*1H;/q;;;;+2/p-2. The van der Waals surface area contributed by atoms with E-state index in [4.69, 9.17) is 19.4 Å². The second kappa shape index (κ2) is 16.8. The van der Waals surface area contributed by atoms with Gasteiger partial charge in [0.25, 0.3) is 0 Å². The van der Waals surface area contributed by atoms with Gasteiger partial charge in [-0.3, -0.25) is 0 Å².